The summed E-state index contributed by atoms with van der Waals surface area (Å²) in [6.07, 6.45) is -2.20. The van der Waals surface area contributed by atoms with Crippen molar-refractivity contribution >= 4 is 17.6 Å². The minimum Gasteiger partial charge on any atom is -0.490 e. The Morgan fingerprint density at radius 3 is 1.90 bits per heavy atom. The summed E-state index contributed by atoms with van der Waals surface area (Å²) < 4.78 is 41.2. The van der Waals surface area contributed by atoms with Crippen molar-refractivity contribution in [1.82, 2.24) is 0 Å². The number of esters is 1. The molecule has 8 heteroatoms. The molecule has 2 unspecified atom stereocenters. The molecule has 0 aliphatic carbocycles. The number of ether oxygens (including phenoxy) is 3. The first-order valence-corrected chi connectivity index (χ1v) is 10.5. The van der Waals surface area contributed by atoms with Crippen molar-refractivity contribution in [3.8, 4) is 11.5 Å². The standard InChI is InChI=1S/C23H28ClF2NO4/c1-23(2,16-3-7-19(8-4-16)29-14-18(26)12-25)17-5-9-20(10-6-17)30-15-21(11-24)31-22(28)13-27/h3-10,18,21H,11-15,27H2,1-2H3. The number of hydrogen-bond acceptors (Lipinski definition) is 5. The van der Waals surface area contributed by atoms with Crippen LogP contribution in [0.3, 0.4) is 0 Å². The average molecular weight is 456 g/mol. The van der Waals surface area contributed by atoms with Gasteiger partial charge >= 0.3 is 5.97 Å². The summed E-state index contributed by atoms with van der Waals surface area (Å²) in [6.45, 7) is 2.71. The molecular weight excluding hydrogens is 428 g/mol. The van der Waals surface area contributed by atoms with Crippen LogP contribution in [0, 0.1) is 0 Å². The highest BCUT2D eigenvalue weighted by Crippen LogP contribution is 2.33. The van der Waals surface area contributed by atoms with E-state index in [9.17, 15) is 13.6 Å². The van der Waals surface area contributed by atoms with Crippen LogP contribution in [-0.4, -0.2) is 50.6 Å². The molecule has 2 N–H and O–H groups in total. The van der Waals surface area contributed by atoms with E-state index in [1.807, 2.05) is 36.4 Å². The van der Waals surface area contributed by atoms with Crippen LogP contribution in [0.15, 0.2) is 48.5 Å². The fourth-order valence-corrected chi connectivity index (χ4v) is 3.02. The maximum absolute atomic E-state index is 13.0. The molecule has 0 saturated carbocycles. The van der Waals surface area contributed by atoms with Crippen LogP contribution >= 0.6 is 11.6 Å². The molecule has 0 spiro atoms. The number of benzene rings is 2. The van der Waals surface area contributed by atoms with Crippen LogP contribution in [0.4, 0.5) is 8.78 Å². The molecule has 2 rings (SSSR count). The van der Waals surface area contributed by atoms with Gasteiger partial charge in [-0.15, -0.1) is 11.6 Å². The monoisotopic (exact) mass is 455 g/mol. The zero-order chi connectivity index (χ0) is 22.9. The van der Waals surface area contributed by atoms with E-state index in [1.165, 1.54) is 0 Å². The van der Waals surface area contributed by atoms with Gasteiger partial charge in [-0.1, -0.05) is 38.1 Å². The molecule has 0 amide bonds. The van der Waals surface area contributed by atoms with Crippen LogP contribution < -0.4 is 15.2 Å². The van der Waals surface area contributed by atoms with Crippen molar-refractivity contribution < 1.29 is 27.8 Å². The molecule has 0 bridgehead atoms. The van der Waals surface area contributed by atoms with Gasteiger partial charge in [0.15, 0.2) is 6.17 Å². The number of hydrogen-bond donors (Lipinski definition) is 1. The van der Waals surface area contributed by atoms with Gasteiger partial charge in [-0.3, -0.25) is 4.79 Å². The number of nitrogens with two attached hydrogens (primary N) is 1. The summed E-state index contributed by atoms with van der Waals surface area (Å²) in [7, 11) is 0. The minimum absolute atomic E-state index is 0.107. The summed E-state index contributed by atoms with van der Waals surface area (Å²) in [5.41, 5.74) is 7.01. The van der Waals surface area contributed by atoms with Crippen LogP contribution in [0.1, 0.15) is 25.0 Å². The zero-order valence-corrected chi connectivity index (χ0v) is 18.4. The van der Waals surface area contributed by atoms with Crippen LogP contribution in [0.25, 0.3) is 0 Å². The van der Waals surface area contributed by atoms with E-state index in [0.29, 0.717) is 11.5 Å². The highest BCUT2D eigenvalue weighted by Gasteiger charge is 2.23. The van der Waals surface area contributed by atoms with Gasteiger partial charge in [0.1, 0.15) is 37.5 Å². The highest BCUT2D eigenvalue weighted by molar-refractivity contribution is 6.18. The quantitative estimate of drug-likeness (QED) is 0.384. The van der Waals surface area contributed by atoms with E-state index in [2.05, 4.69) is 13.8 Å². The van der Waals surface area contributed by atoms with Crippen molar-refractivity contribution in [2.24, 2.45) is 5.73 Å². The molecule has 0 aliphatic rings. The lowest BCUT2D eigenvalue weighted by molar-refractivity contribution is -0.147. The molecule has 0 heterocycles. The second kappa shape index (κ2) is 11.9. The lowest BCUT2D eigenvalue weighted by Crippen LogP contribution is -2.30. The molecule has 0 saturated heterocycles. The predicted molar refractivity (Wildman–Crippen MR) is 117 cm³/mol. The van der Waals surface area contributed by atoms with E-state index in [1.54, 1.807) is 12.1 Å². The van der Waals surface area contributed by atoms with Gasteiger partial charge in [-0.2, -0.15) is 0 Å². The maximum atomic E-state index is 13.0. The third-order valence-electron chi connectivity index (χ3n) is 4.82. The van der Waals surface area contributed by atoms with Gasteiger partial charge in [0.25, 0.3) is 0 Å². The number of carbonyl (C=O) groups is 1. The number of rotatable bonds is 12. The Morgan fingerprint density at radius 2 is 1.48 bits per heavy atom. The van der Waals surface area contributed by atoms with E-state index < -0.39 is 24.9 Å². The fourth-order valence-electron chi connectivity index (χ4n) is 2.87. The smallest absolute Gasteiger partial charge is 0.320 e. The van der Waals surface area contributed by atoms with Gasteiger partial charge in [0.2, 0.25) is 0 Å². The Bertz CT molecular complexity index is 815. The Hall–Kier alpha value is -2.38. The Morgan fingerprint density at radius 1 is 1.00 bits per heavy atom. The molecule has 170 valence electrons. The van der Waals surface area contributed by atoms with Gasteiger partial charge in [0.05, 0.1) is 12.4 Å². The van der Waals surface area contributed by atoms with Crippen molar-refractivity contribution in [3.05, 3.63) is 59.7 Å². The van der Waals surface area contributed by atoms with E-state index in [4.69, 9.17) is 31.5 Å². The van der Waals surface area contributed by atoms with Crippen LogP contribution in [0.5, 0.6) is 11.5 Å². The Labute approximate surface area is 186 Å². The summed E-state index contributed by atoms with van der Waals surface area (Å²) in [4.78, 5) is 11.3. The predicted octanol–water partition coefficient (Wildman–Crippen LogP) is 4.19. The molecule has 5 nitrogen and oxygen atoms in total. The lowest BCUT2D eigenvalue weighted by Gasteiger charge is -2.26. The normalized spacial score (nSPS) is 13.4. The largest absolute Gasteiger partial charge is 0.490 e. The summed E-state index contributed by atoms with van der Waals surface area (Å²) in [5, 5.41) is 0. The first kappa shape index (κ1) is 24.9. The molecule has 2 aromatic carbocycles. The average Bonchev–Trinajstić information content (AvgIpc) is 2.80. The van der Waals surface area contributed by atoms with Gasteiger partial charge in [-0.25, -0.2) is 8.78 Å². The minimum atomic E-state index is -1.62. The van der Waals surface area contributed by atoms with Crippen LogP contribution in [-0.2, 0) is 14.9 Å². The summed E-state index contributed by atoms with van der Waals surface area (Å²) in [5.74, 6) is 0.685. The van der Waals surface area contributed by atoms with Gasteiger partial charge < -0.3 is 19.9 Å². The van der Waals surface area contributed by atoms with E-state index >= 15 is 0 Å². The Kier molecular flexibility index (Phi) is 9.52. The topological polar surface area (TPSA) is 70.8 Å². The molecule has 0 radical (unpaired) electrons. The lowest BCUT2D eigenvalue weighted by atomic mass is 9.78. The number of alkyl halides is 3. The second-order valence-corrected chi connectivity index (χ2v) is 7.83. The fraction of sp³-hybridized carbons (Fsp3) is 0.435. The van der Waals surface area contributed by atoms with Crippen molar-refractivity contribution in [1.29, 1.82) is 0 Å². The molecule has 31 heavy (non-hydrogen) atoms. The third kappa shape index (κ3) is 7.36. The maximum Gasteiger partial charge on any atom is 0.320 e. The van der Waals surface area contributed by atoms with Gasteiger partial charge in [0, 0.05) is 5.41 Å². The SMILES string of the molecule is CC(C)(c1ccc(OCC(F)CF)cc1)c1ccc(OCC(CCl)OC(=O)CN)cc1. The molecule has 0 aliphatic heterocycles. The molecule has 2 atom stereocenters. The van der Waals surface area contributed by atoms with Gasteiger partial charge in [-0.05, 0) is 35.4 Å². The summed E-state index contributed by atoms with van der Waals surface area (Å²) in [6, 6.07) is 14.9. The molecule has 0 aromatic heterocycles. The zero-order valence-electron chi connectivity index (χ0n) is 17.7. The van der Waals surface area contributed by atoms with E-state index in [0.717, 1.165) is 11.1 Å². The first-order valence-electron chi connectivity index (χ1n) is 9.92. The first-order chi connectivity index (χ1) is 14.8. The third-order valence-corrected chi connectivity index (χ3v) is 5.17. The molecule has 0 fully saturated rings. The van der Waals surface area contributed by atoms with E-state index in [-0.39, 0.29) is 31.1 Å². The summed E-state index contributed by atoms with van der Waals surface area (Å²) >= 11 is 5.80. The van der Waals surface area contributed by atoms with Crippen molar-refractivity contribution in [3.63, 3.8) is 0 Å². The highest BCUT2D eigenvalue weighted by atomic mass is 35.5. The molecule has 2 aromatic rings. The van der Waals surface area contributed by atoms with Crippen LogP contribution in [0.2, 0.25) is 0 Å². The second-order valence-electron chi connectivity index (χ2n) is 7.52. The molecular formula is C23H28ClF2NO4. The number of carbonyl (C=O) groups excluding carboxylic acids is 1. The number of halogens is 3. The Balaban J connectivity index is 1.99. The van der Waals surface area contributed by atoms with Crippen molar-refractivity contribution in [2.75, 3.05) is 32.3 Å². The van der Waals surface area contributed by atoms with Crippen molar-refractivity contribution in [2.45, 2.75) is 31.5 Å².